The number of fused-ring (bicyclic) bond motifs is 2. The highest BCUT2D eigenvalue weighted by atomic mass is 32.2. The second-order valence-corrected chi connectivity index (χ2v) is 9.11. The van der Waals surface area contributed by atoms with Gasteiger partial charge in [0.25, 0.3) is 5.91 Å². The molecule has 5 nitrogen and oxygen atoms in total. The Hall–Kier alpha value is -2.38. The SMILES string of the molecule is Cc1cc(SCC(=O)Nc2sc3c(c2C(N)=O)CCC3)nc2c(C)cccc12. The first kappa shape index (κ1) is 19.0. The first-order valence-electron chi connectivity index (χ1n) is 9.18. The zero-order valence-electron chi connectivity index (χ0n) is 15.8. The largest absolute Gasteiger partial charge is 0.365 e. The van der Waals surface area contributed by atoms with Crippen LogP contribution in [0.4, 0.5) is 5.00 Å². The summed E-state index contributed by atoms with van der Waals surface area (Å²) in [4.78, 5) is 30.2. The maximum atomic E-state index is 12.5. The van der Waals surface area contributed by atoms with Gasteiger partial charge in [-0.05, 0) is 55.9 Å². The lowest BCUT2D eigenvalue weighted by Gasteiger charge is -2.09. The number of nitrogens with zero attached hydrogens (tertiary/aromatic N) is 1. The molecule has 3 N–H and O–H groups in total. The highest BCUT2D eigenvalue weighted by Crippen LogP contribution is 2.39. The molecule has 0 bridgehead atoms. The molecule has 28 heavy (non-hydrogen) atoms. The van der Waals surface area contributed by atoms with Gasteiger partial charge in [0.05, 0.1) is 21.9 Å². The number of carbonyl (C=O) groups excluding carboxylic acids is 2. The van der Waals surface area contributed by atoms with E-state index in [1.165, 1.54) is 28.0 Å². The number of thioether (sulfide) groups is 1. The molecule has 144 valence electrons. The van der Waals surface area contributed by atoms with E-state index in [4.69, 9.17) is 10.7 Å². The number of anilines is 1. The Bertz CT molecular complexity index is 1100. The van der Waals surface area contributed by atoms with Gasteiger partial charge in [-0.2, -0.15) is 0 Å². The molecule has 0 saturated heterocycles. The van der Waals surface area contributed by atoms with Crippen LogP contribution in [0.15, 0.2) is 29.3 Å². The van der Waals surface area contributed by atoms with Crippen molar-refractivity contribution in [1.29, 1.82) is 0 Å². The molecular weight excluding hydrogens is 390 g/mol. The van der Waals surface area contributed by atoms with Crippen molar-refractivity contribution < 1.29 is 9.59 Å². The number of rotatable bonds is 5. The van der Waals surface area contributed by atoms with E-state index in [-0.39, 0.29) is 11.7 Å². The fraction of sp³-hybridized carbons (Fsp3) is 0.286. The Morgan fingerprint density at radius 1 is 1.25 bits per heavy atom. The van der Waals surface area contributed by atoms with E-state index in [0.29, 0.717) is 10.6 Å². The minimum atomic E-state index is -0.468. The fourth-order valence-electron chi connectivity index (χ4n) is 3.66. The summed E-state index contributed by atoms with van der Waals surface area (Å²) in [5.74, 6) is -0.397. The van der Waals surface area contributed by atoms with Crippen molar-refractivity contribution in [2.24, 2.45) is 5.73 Å². The summed E-state index contributed by atoms with van der Waals surface area (Å²) in [6.45, 7) is 4.09. The van der Waals surface area contributed by atoms with Crippen molar-refractivity contribution in [3.05, 3.63) is 51.4 Å². The number of thiophene rings is 1. The van der Waals surface area contributed by atoms with Crippen molar-refractivity contribution in [2.45, 2.75) is 38.1 Å². The molecule has 0 unspecified atom stereocenters. The van der Waals surface area contributed by atoms with Crippen LogP contribution in [0.3, 0.4) is 0 Å². The standard InChI is InChI=1S/C21H21N3O2S2/c1-11-5-3-6-13-12(2)9-17(24-19(11)13)27-10-16(25)23-21-18(20(22)26)14-7-4-8-15(14)28-21/h3,5-6,9H,4,7-8,10H2,1-2H3,(H2,22,26)(H,23,25). The van der Waals surface area contributed by atoms with Gasteiger partial charge in [0.1, 0.15) is 5.00 Å². The molecule has 1 aliphatic carbocycles. The van der Waals surface area contributed by atoms with Crippen LogP contribution in [-0.4, -0.2) is 22.6 Å². The summed E-state index contributed by atoms with van der Waals surface area (Å²) in [5, 5.41) is 5.42. The quantitative estimate of drug-likeness (QED) is 0.615. The average Bonchev–Trinajstić information content (AvgIpc) is 3.21. The smallest absolute Gasteiger partial charge is 0.251 e. The Labute approximate surface area is 171 Å². The van der Waals surface area contributed by atoms with Crippen LogP contribution in [0.5, 0.6) is 0 Å². The van der Waals surface area contributed by atoms with Gasteiger partial charge < -0.3 is 11.1 Å². The summed E-state index contributed by atoms with van der Waals surface area (Å²) in [5.41, 5.74) is 10.3. The van der Waals surface area contributed by atoms with E-state index in [1.54, 1.807) is 0 Å². The number of benzene rings is 1. The third-order valence-electron chi connectivity index (χ3n) is 5.00. The molecule has 7 heteroatoms. The lowest BCUT2D eigenvalue weighted by Crippen LogP contribution is -2.19. The third kappa shape index (κ3) is 3.52. The number of pyridine rings is 1. The number of para-hydroxylation sites is 1. The monoisotopic (exact) mass is 411 g/mol. The van der Waals surface area contributed by atoms with Crippen molar-refractivity contribution in [3.8, 4) is 0 Å². The molecule has 2 aromatic heterocycles. The van der Waals surface area contributed by atoms with Crippen LogP contribution < -0.4 is 11.1 Å². The predicted octanol–water partition coefficient (Wildman–Crippen LogP) is 4.23. The molecule has 0 atom stereocenters. The van der Waals surface area contributed by atoms with Crippen LogP contribution in [0.25, 0.3) is 10.9 Å². The first-order valence-corrected chi connectivity index (χ1v) is 11.0. The van der Waals surface area contributed by atoms with E-state index in [9.17, 15) is 9.59 Å². The lowest BCUT2D eigenvalue weighted by atomic mass is 10.1. The van der Waals surface area contributed by atoms with E-state index < -0.39 is 5.91 Å². The molecule has 2 heterocycles. The Morgan fingerprint density at radius 2 is 2.07 bits per heavy atom. The number of hydrogen-bond acceptors (Lipinski definition) is 5. The molecule has 2 amide bonds. The first-order chi connectivity index (χ1) is 13.4. The van der Waals surface area contributed by atoms with Crippen LogP contribution in [0, 0.1) is 13.8 Å². The van der Waals surface area contributed by atoms with Gasteiger partial charge in [0, 0.05) is 10.3 Å². The number of aromatic nitrogens is 1. The Morgan fingerprint density at radius 3 is 2.86 bits per heavy atom. The Kier molecular flexibility index (Phi) is 5.12. The zero-order valence-corrected chi connectivity index (χ0v) is 17.4. The molecular formula is C21H21N3O2S2. The maximum Gasteiger partial charge on any atom is 0.251 e. The van der Waals surface area contributed by atoms with Crippen molar-refractivity contribution in [2.75, 3.05) is 11.1 Å². The third-order valence-corrected chi connectivity index (χ3v) is 7.12. The van der Waals surface area contributed by atoms with E-state index in [2.05, 4.69) is 18.3 Å². The summed E-state index contributed by atoms with van der Waals surface area (Å²) in [7, 11) is 0. The predicted molar refractivity (Wildman–Crippen MR) is 115 cm³/mol. The van der Waals surface area contributed by atoms with E-state index in [0.717, 1.165) is 51.9 Å². The molecule has 0 radical (unpaired) electrons. The molecule has 3 aromatic rings. The molecule has 0 fully saturated rings. The topological polar surface area (TPSA) is 85.1 Å². The molecule has 0 spiro atoms. The van der Waals surface area contributed by atoms with Crippen LogP contribution in [0.2, 0.25) is 0 Å². The highest BCUT2D eigenvalue weighted by molar-refractivity contribution is 7.99. The number of hydrogen-bond donors (Lipinski definition) is 2. The van der Waals surface area contributed by atoms with Crippen LogP contribution in [0.1, 0.15) is 38.3 Å². The van der Waals surface area contributed by atoms with Crippen LogP contribution >= 0.6 is 23.1 Å². The summed E-state index contributed by atoms with van der Waals surface area (Å²) >= 11 is 2.87. The number of nitrogens with two attached hydrogens (primary N) is 1. The average molecular weight is 412 g/mol. The Balaban J connectivity index is 1.49. The molecule has 0 aliphatic heterocycles. The van der Waals surface area contributed by atoms with Gasteiger partial charge in [-0.1, -0.05) is 30.0 Å². The summed E-state index contributed by atoms with van der Waals surface area (Å²) < 4.78 is 0. The van der Waals surface area contributed by atoms with Gasteiger partial charge in [0.2, 0.25) is 5.91 Å². The number of aryl methyl sites for hydroxylation is 3. The second kappa shape index (κ2) is 7.56. The highest BCUT2D eigenvalue weighted by Gasteiger charge is 2.26. The summed E-state index contributed by atoms with van der Waals surface area (Å²) in [6.07, 6.45) is 2.84. The second-order valence-electron chi connectivity index (χ2n) is 7.01. The van der Waals surface area contributed by atoms with Gasteiger partial charge >= 0.3 is 0 Å². The van der Waals surface area contributed by atoms with Gasteiger partial charge in [-0.15, -0.1) is 11.3 Å². The minimum Gasteiger partial charge on any atom is -0.365 e. The number of nitrogens with one attached hydrogen (secondary N) is 1. The van der Waals surface area contributed by atoms with E-state index in [1.807, 2.05) is 25.1 Å². The van der Waals surface area contributed by atoms with Crippen LogP contribution in [-0.2, 0) is 17.6 Å². The zero-order chi connectivity index (χ0) is 19.8. The number of primary amides is 1. The van der Waals surface area contributed by atoms with Gasteiger partial charge in [-0.25, -0.2) is 4.98 Å². The molecule has 1 aliphatic rings. The van der Waals surface area contributed by atoms with Crippen molar-refractivity contribution in [3.63, 3.8) is 0 Å². The van der Waals surface area contributed by atoms with Crippen molar-refractivity contribution >= 4 is 50.8 Å². The number of amides is 2. The molecule has 0 saturated carbocycles. The minimum absolute atomic E-state index is 0.156. The maximum absolute atomic E-state index is 12.5. The fourth-order valence-corrected chi connectivity index (χ4v) is 5.74. The summed E-state index contributed by atoms with van der Waals surface area (Å²) in [6, 6.07) is 8.14. The molecule has 4 rings (SSSR count). The molecule has 1 aromatic carbocycles. The van der Waals surface area contributed by atoms with Gasteiger partial charge in [0.15, 0.2) is 0 Å². The van der Waals surface area contributed by atoms with E-state index >= 15 is 0 Å². The normalized spacial score (nSPS) is 12.9. The lowest BCUT2D eigenvalue weighted by molar-refractivity contribution is -0.113. The number of carbonyl (C=O) groups is 2. The van der Waals surface area contributed by atoms with Gasteiger partial charge in [-0.3, -0.25) is 9.59 Å². The van der Waals surface area contributed by atoms with Crippen molar-refractivity contribution in [1.82, 2.24) is 4.98 Å².